The molecular formula is C21H20ClN3O4S. The molecule has 0 aliphatic heterocycles. The number of aromatic nitrogens is 2. The van der Waals surface area contributed by atoms with Crippen molar-refractivity contribution in [1.29, 1.82) is 0 Å². The number of anilines is 1. The molecule has 0 fully saturated rings. The van der Waals surface area contributed by atoms with Gasteiger partial charge in [0.2, 0.25) is 5.95 Å². The standard InChI is InChI=1S/C21H20ClN3O4S/c1-12-8-15(20(26)29-4)10-16(9-12)30(27,28)25-21-23-17(11-18(22)24-21)19-13(2)6-5-7-14(19)3/h5-11H,1-4H3,(H,23,24,25). The number of ether oxygens (including phenoxy) is 1. The van der Waals surface area contributed by atoms with Crippen LogP contribution in [0.1, 0.15) is 27.0 Å². The lowest BCUT2D eigenvalue weighted by molar-refractivity contribution is 0.0600. The Bertz CT molecular complexity index is 1220. The number of hydrogen-bond donors (Lipinski definition) is 1. The van der Waals surface area contributed by atoms with E-state index in [0.29, 0.717) is 11.3 Å². The highest BCUT2D eigenvalue weighted by Crippen LogP contribution is 2.28. The van der Waals surface area contributed by atoms with Gasteiger partial charge in [0.1, 0.15) is 5.15 Å². The molecule has 30 heavy (non-hydrogen) atoms. The van der Waals surface area contributed by atoms with Gasteiger partial charge in [-0.3, -0.25) is 0 Å². The third kappa shape index (κ3) is 4.60. The monoisotopic (exact) mass is 445 g/mol. The number of benzene rings is 2. The predicted octanol–water partition coefficient (Wildman–Crippen LogP) is 4.31. The molecule has 0 radical (unpaired) electrons. The van der Waals surface area contributed by atoms with Crippen LogP contribution in [0.4, 0.5) is 5.95 Å². The zero-order valence-electron chi connectivity index (χ0n) is 16.9. The summed E-state index contributed by atoms with van der Waals surface area (Å²) < 4.78 is 32.9. The number of nitrogens with zero attached hydrogens (tertiary/aromatic N) is 2. The van der Waals surface area contributed by atoms with E-state index < -0.39 is 16.0 Å². The molecule has 0 atom stereocenters. The number of carbonyl (C=O) groups excluding carboxylic acids is 1. The summed E-state index contributed by atoms with van der Waals surface area (Å²) in [7, 11) is -2.85. The van der Waals surface area contributed by atoms with Gasteiger partial charge in [0, 0.05) is 11.6 Å². The Morgan fingerprint density at radius 3 is 2.33 bits per heavy atom. The third-order valence-electron chi connectivity index (χ3n) is 4.44. The summed E-state index contributed by atoms with van der Waals surface area (Å²) >= 11 is 6.14. The van der Waals surface area contributed by atoms with E-state index in [1.165, 1.54) is 19.2 Å². The molecular weight excluding hydrogens is 426 g/mol. The molecule has 0 spiro atoms. The molecule has 1 heterocycles. The molecule has 0 saturated carbocycles. The first-order chi connectivity index (χ1) is 14.1. The second-order valence-corrected chi connectivity index (χ2v) is 8.87. The van der Waals surface area contributed by atoms with Crippen molar-refractivity contribution >= 4 is 33.5 Å². The van der Waals surface area contributed by atoms with Crippen molar-refractivity contribution in [3.05, 3.63) is 69.9 Å². The Morgan fingerprint density at radius 2 is 1.70 bits per heavy atom. The lowest BCUT2D eigenvalue weighted by Crippen LogP contribution is -2.16. The summed E-state index contributed by atoms with van der Waals surface area (Å²) in [5, 5.41) is 0.0971. The van der Waals surface area contributed by atoms with E-state index in [0.717, 1.165) is 16.7 Å². The number of rotatable bonds is 5. The van der Waals surface area contributed by atoms with E-state index in [1.54, 1.807) is 19.1 Å². The van der Waals surface area contributed by atoms with Crippen molar-refractivity contribution in [2.24, 2.45) is 0 Å². The summed E-state index contributed by atoms with van der Waals surface area (Å²) in [6.07, 6.45) is 0. The maximum absolute atomic E-state index is 12.9. The third-order valence-corrected chi connectivity index (χ3v) is 5.94. The fourth-order valence-corrected chi connectivity index (χ4v) is 4.38. The molecule has 2 aromatic carbocycles. The zero-order chi connectivity index (χ0) is 22.1. The van der Waals surface area contributed by atoms with Crippen LogP contribution in [-0.4, -0.2) is 31.5 Å². The second kappa shape index (κ2) is 8.41. The largest absolute Gasteiger partial charge is 0.465 e. The van der Waals surface area contributed by atoms with Gasteiger partial charge in [0.05, 0.1) is 23.3 Å². The number of halogens is 1. The molecule has 0 aliphatic carbocycles. The number of sulfonamides is 1. The molecule has 0 unspecified atom stereocenters. The summed E-state index contributed by atoms with van der Waals surface area (Å²) in [6.45, 7) is 5.55. The molecule has 1 N–H and O–H groups in total. The van der Waals surface area contributed by atoms with Crippen molar-refractivity contribution < 1.29 is 17.9 Å². The Morgan fingerprint density at radius 1 is 1.03 bits per heavy atom. The average molecular weight is 446 g/mol. The highest BCUT2D eigenvalue weighted by atomic mass is 35.5. The molecule has 1 aromatic heterocycles. The number of nitrogens with one attached hydrogen (secondary N) is 1. The Kier molecular flexibility index (Phi) is 6.09. The molecule has 0 saturated heterocycles. The SMILES string of the molecule is COC(=O)c1cc(C)cc(S(=O)(=O)Nc2nc(Cl)cc(-c3c(C)cccc3C)n2)c1. The van der Waals surface area contributed by atoms with Crippen molar-refractivity contribution in [3.63, 3.8) is 0 Å². The molecule has 3 rings (SSSR count). The Balaban J connectivity index is 2.04. The Labute approximate surface area is 180 Å². The van der Waals surface area contributed by atoms with Crippen LogP contribution in [0.15, 0.2) is 47.4 Å². The van der Waals surface area contributed by atoms with Crippen LogP contribution in [0.2, 0.25) is 5.15 Å². The topological polar surface area (TPSA) is 98.2 Å². The Hall–Kier alpha value is -2.97. The van der Waals surface area contributed by atoms with Gasteiger partial charge in [0.25, 0.3) is 10.0 Å². The zero-order valence-corrected chi connectivity index (χ0v) is 18.4. The smallest absolute Gasteiger partial charge is 0.337 e. The van der Waals surface area contributed by atoms with Gasteiger partial charge in [-0.25, -0.2) is 27.9 Å². The minimum Gasteiger partial charge on any atom is -0.465 e. The first kappa shape index (κ1) is 21.7. The summed E-state index contributed by atoms with van der Waals surface area (Å²) in [5.41, 5.74) is 4.01. The lowest BCUT2D eigenvalue weighted by Gasteiger charge is -2.12. The molecule has 156 valence electrons. The van der Waals surface area contributed by atoms with Crippen molar-refractivity contribution in [1.82, 2.24) is 9.97 Å². The van der Waals surface area contributed by atoms with Gasteiger partial charge in [-0.1, -0.05) is 29.8 Å². The highest BCUT2D eigenvalue weighted by Gasteiger charge is 2.20. The number of esters is 1. The second-order valence-electron chi connectivity index (χ2n) is 6.80. The minimum atomic E-state index is -4.08. The minimum absolute atomic E-state index is 0.0971. The number of carbonyl (C=O) groups is 1. The summed E-state index contributed by atoms with van der Waals surface area (Å²) in [5.74, 6) is -0.798. The molecule has 0 amide bonds. The fourth-order valence-electron chi connectivity index (χ4n) is 3.13. The first-order valence-corrected chi connectivity index (χ1v) is 10.8. The highest BCUT2D eigenvalue weighted by molar-refractivity contribution is 7.92. The van der Waals surface area contributed by atoms with Crippen LogP contribution in [0.3, 0.4) is 0 Å². The summed E-state index contributed by atoms with van der Waals surface area (Å²) in [6, 6.07) is 11.6. The van der Waals surface area contributed by atoms with Gasteiger partial charge in [-0.15, -0.1) is 0 Å². The molecule has 0 aliphatic rings. The van der Waals surface area contributed by atoms with Crippen LogP contribution in [-0.2, 0) is 14.8 Å². The van der Waals surface area contributed by atoms with Crippen LogP contribution >= 0.6 is 11.6 Å². The van der Waals surface area contributed by atoms with E-state index >= 15 is 0 Å². The van der Waals surface area contributed by atoms with Gasteiger partial charge in [-0.05, 0) is 55.7 Å². The first-order valence-electron chi connectivity index (χ1n) is 8.94. The van der Waals surface area contributed by atoms with E-state index in [9.17, 15) is 13.2 Å². The van der Waals surface area contributed by atoms with E-state index in [-0.39, 0.29) is 21.6 Å². The van der Waals surface area contributed by atoms with E-state index in [1.807, 2.05) is 32.0 Å². The summed E-state index contributed by atoms with van der Waals surface area (Å²) in [4.78, 5) is 20.1. The molecule has 9 heteroatoms. The molecule has 3 aromatic rings. The molecule has 7 nitrogen and oxygen atoms in total. The normalized spacial score (nSPS) is 11.2. The maximum Gasteiger partial charge on any atom is 0.337 e. The quantitative estimate of drug-likeness (QED) is 0.464. The van der Waals surface area contributed by atoms with Gasteiger partial charge in [-0.2, -0.15) is 0 Å². The lowest BCUT2D eigenvalue weighted by atomic mass is 10.00. The average Bonchev–Trinajstić information content (AvgIpc) is 2.66. The molecule has 0 bridgehead atoms. The number of methoxy groups -OCH3 is 1. The van der Waals surface area contributed by atoms with Crippen molar-refractivity contribution in [2.45, 2.75) is 25.7 Å². The van der Waals surface area contributed by atoms with Gasteiger partial charge < -0.3 is 4.74 Å². The van der Waals surface area contributed by atoms with E-state index in [2.05, 4.69) is 19.4 Å². The maximum atomic E-state index is 12.9. The van der Waals surface area contributed by atoms with Gasteiger partial charge in [0.15, 0.2) is 0 Å². The van der Waals surface area contributed by atoms with Crippen molar-refractivity contribution in [2.75, 3.05) is 11.8 Å². The van der Waals surface area contributed by atoms with Crippen LogP contribution < -0.4 is 4.72 Å². The van der Waals surface area contributed by atoms with E-state index in [4.69, 9.17) is 11.6 Å². The van der Waals surface area contributed by atoms with Crippen LogP contribution in [0.5, 0.6) is 0 Å². The van der Waals surface area contributed by atoms with Crippen LogP contribution in [0.25, 0.3) is 11.3 Å². The predicted molar refractivity (Wildman–Crippen MR) is 115 cm³/mol. The number of hydrogen-bond acceptors (Lipinski definition) is 6. The van der Waals surface area contributed by atoms with Gasteiger partial charge >= 0.3 is 5.97 Å². The number of aryl methyl sites for hydroxylation is 3. The fraction of sp³-hybridized carbons (Fsp3) is 0.190. The van der Waals surface area contributed by atoms with Crippen molar-refractivity contribution in [3.8, 4) is 11.3 Å². The van der Waals surface area contributed by atoms with Crippen LogP contribution in [0, 0.1) is 20.8 Å².